The first-order valence-corrected chi connectivity index (χ1v) is 6.27. The average Bonchev–Trinajstić information content (AvgIpc) is 2.80. The predicted octanol–water partition coefficient (Wildman–Crippen LogP) is 1.08. The molecule has 2 aliphatic rings. The summed E-state index contributed by atoms with van der Waals surface area (Å²) in [6, 6.07) is 4.42. The Labute approximate surface area is 105 Å². The molecule has 0 unspecified atom stereocenters. The lowest BCUT2D eigenvalue weighted by Crippen LogP contribution is -2.65. The number of benzene rings is 1. The van der Waals surface area contributed by atoms with Crippen LogP contribution in [0.3, 0.4) is 0 Å². The van der Waals surface area contributed by atoms with E-state index >= 15 is 0 Å². The second-order valence-electron chi connectivity index (χ2n) is 4.82. The molecule has 0 aliphatic carbocycles. The van der Waals surface area contributed by atoms with Crippen molar-refractivity contribution in [2.45, 2.75) is 19.0 Å². The maximum Gasteiger partial charge on any atom is 0.255 e. The highest BCUT2D eigenvalue weighted by atomic mass is 19.1. The molecule has 2 N–H and O–H groups in total. The molecular weight excluding hydrogens is 233 g/mol. The van der Waals surface area contributed by atoms with Crippen molar-refractivity contribution in [2.24, 2.45) is 0 Å². The van der Waals surface area contributed by atoms with E-state index in [2.05, 4.69) is 15.5 Å². The second kappa shape index (κ2) is 3.95. The Morgan fingerprint density at radius 3 is 3.00 bits per heavy atom. The summed E-state index contributed by atoms with van der Waals surface area (Å²) in [6.45, 7) is 4.43. The molecule has 4 nitrogen and oxygen atoms in total. The zero-order valence-corrected chi connectivity index (χ0v) is 10.3. The van der Waals surface area contributed by atoms with Crippen molar-refractivity contribution >= 4 is 11.6 Å². The molecule has 0 aromatic heterocycles. The number of anilines is 1. The first kappa shape index (κ1) is 11.5. The molecule has 1 fully saturated rings. The average molecular weight is 249 g/mol. The number of fused-ring (bicyclic) bond motifs is 1. The number of likely N-dealkylation sites (N-methyl/N-ethyl adjacent to an activating group) is 1. The van der Waals surface area contributed by atoms with E-state index in [4.69, 9.17) is 0 Å². The van der Waals surface area contributed by atoms with Crippen LogP contribution >= 0.6 is 0 Å². The highest BCUT2D eigenvalue weighted by molar-refractivity contribution is 6.02. The minimum absolute atomic E-state index is 0.182. The molecule has 1 amide bonds. The van der Waals surface area contributed by atoms with Crippen LogP contribution in [-0.2, 0) is 0 Å². The van der Waals surface area contributed by atoms with E-state index in [1.165, 1.54) is 12.1 Å². The predicted molar refractivity (Wildman–Crippen MR) is 67.1 cm³/mol. The number of carbonyl (C=O) groups excluding carboxylic acids is 1. The third-order valence-corrected chi connectivity index (χ3v) is 3.81. The summed E-state index contributed by atoms with van der Waals surface area (Å²) in [5.41, 5.74) is 0.900. The van der Waals surface area contributed by atoms with Crippen LogP contribution in [0.15, 0.2) is 18.2 Å². The van der Waals surface area contributed by atoms with Gasteiger partial charge in [-0.3, -0.25) is 4.79 Å². The van der Waals surface area contributed by atoms with Gasteiger partial charge in [0.1, 0.15) is 11.5 Å². The van der Waals surface area contributed by atoms with Crippen LogP contribution in [0.1, 0.15) is 23.7 Å². The van der Waals surface area contributed by atoms with Crippen molar-refractivity contribution in [3.8, 4) is 0 Å². The molecule has 1 saturated heterocycles. The van der Waals surface area contributed by atoms with Gasteiger partial charge in [-0.25, -0.2) is 4.39 Å². The monoisotopic (exact) mass is 249 g/mol. The lowest BCUT2D eigenvalue weighted by atomic mass is 9.98. The van der Waals surface area contributed by atoms with Crippen LogP contribution < -0.4 is 15.5 Å². The minimum Gasteiger partial charge on any atom is -0.347 e. The molecule has 1 aromatic rings. The van der Waals surface area contributed by atoms with Crippen LogP contribution in [0, 0.1) is 5.82 Å². The van der Waals surface area contributed by atoms with Gasteiger partial charge in [0.15, 0.2) is 0 Å². The normalized spacial score (nSPS) is 26.3. The van der Waals surface area contributed by atoms with Crippen molar-refractivity contribution in [1.82, 2.24) is 10.6 Å². The van der Waals surface area contributed by atoms with Gasteiger partial charge in [-0.1, -0.05) is 0 Å². The fraction of sp³-hybridized carbons (Fsp3) is 0.462. The van der Waals surface area contributed by atoms with Gasteiger partial charge in [-0.2, -0.15) is 0 Å². The van der Waals surface area contributed by atoms with Gasteiger partial charge >= 0.3 is 0 Å². The van der Waals surface area contributed by atoms with Gasteiger partial charge in [-0.05, 0) is 31.7 Å². The number of hydrogen-bond acceptors (Lipinski definition) is 3. The van der Waals surface area contributed by atoms with E-state index in [-0.39, 0.29) is 17.4 Å². The molecule has 96 valence electrons. The summed E-state index contributed by atoms with van der Waals surface area (Å²) < 4.78 is 13.3. The van der Waals surface area contributed by atoms with Gasteiger partial charge < -0.3 is 15.5 Å². The summed E-state index contributed by atoms with van der Waals surface area (Å²) in [5.74, 6) is -0.557. The highest BCUT2D eigenvalue weighted by Crippen LogP contribution is 2.34. The molecule has 2 heterocycles. The molecule has 1 atom stereocenters. The SMILES string of the molecule is CCN1c2ccc(F)cc2C(=O)N[C@]12CCNC2. The first-order chi connectivity index (χ1) is 8.66. The van der Waals surface area contributed by atoms with Crippen LogP contribution in [0.5, 0.6) is 0 Å². The van der Waals surface area contributed by atoms with Gasteiger partial charge in [0.25, 0.3) is 5.91 Å². The standard InChI is InChI=1S/C13H16FN3O/c1-2-17-11-4-3-9(14)7-10(11)12(18)16-13(17)5-6-15-8-13/h3-4,7,15H,2,5-6,8H2,1H3,(H,16,18)/t13-/m1/s1. The maximum absolute atomic E-state index is 13.3. The number of amides is 1. The van der Waals surface area contributed by atoms with Crippen LogP contribution in [0.25, 0.3) is 0 Å². The molecule has 3 rings (SSSR count). The van der Waals surface area contributed by atoms with Crippen molar-refractivity contribution in [1.29, 1.82) is 0 Å². The van der Waals surface area contributed by atoms with Gasteiger partial charge in [-0.15, -0.1) is 0 Å². The van der Waals surface area contributed by atoms with E-state index < -0.39 is 0 Å². The van der Waals surface area contributed by atoms with Gasteiger partial charge in [0, 0.05) is 19.5 Å². The van der Waals surface area contributed by atoms with E-state index in [1.54, 1.807) is 6.07 Å². The maximum atomic E-state index is 13.3. The number of nitrogens with one attached hydrogen (secondary N) is 2. The fourth-order valence-corrected chi connectivity index (χ4v) is 2.99. The Hall–Kier alpha value is -1.62. The van der Waals surface area contributed by atoms with E-state index in [9.17, 15) is 9.18 Å². The summed E-state index contributed by atoms with van der Waals surface area (Å²) >= 11 is 0. The summed E-state index contributed by atoms with van der Waals surface area (Å²) in [5, 5.41) is 6.31. The molecule has 2 aliphatic heterocycles. The first-order valence-electron chi connectivity index (χ1n) is 6.27. The van der Waals surface area contributed by atoms with E-state index in [0.29, 0.717) is 5.56 Å². The molecular formula is C13H16FN3O. The molecule has 1 aromatic carbocycles. The van der Waals surface area contributed by atoms with Crippen LogP contribution in [-0.4, -0.2) is 31.2 Å². The number of carbonyl (C=O) groups is 1. The Balaban J connectivity index is 2.12. The van der Waals surface area contributed by atoms with Gasteiger partial charge in [0.05, 0.1) is 11.3 Å². The number of rotatable bonds is 1. The largest absolute Gasteiger partial charge is 0.347 e. The molecule has 0 bridgehead atoms. The Morgan fingerprint density at radius 1 is 1.50 bits per heavy atom. The molecule has 0 saturated carbocycles. The summed E-state index contributed by atoms with van der Waals surface area (Å²) in [4.78, 5) is 14.3. The van der Waals surface area contributed by atoms with Gasteiger partial charge in [0.2, 0.25) is 0 Å². The minimum atomic E-state index is -0.375. The Kier molecular flexibility index (Phi) is 2.52. The lowest BCUT2D eigenvalue weighted by molar-refractivity contribution is 0.0889. The smallest absolute Gasteiger partial charge is 0.255 e. The molecule has 5 heteroatoms. The topological polar surface area (TPSA) is 44.4 Å². The summed E-state index contributed by atoms with van der Waals surface area (Å²) in [6.07, 6.45) is 0.864. The van der Waals surface area contributed by atoms with E-state index in [0.717, 1.165) is 31.7 Å². The zero-order chi connectivity index (χ0) is 12.8. The molecule has 1 spiro atoms. The van der Waals surface area contributed by atoms with Crippen molar-refractivity contribution < 1.29 is 9.18 Å². The fourth-order valence-electron chi connectivity index (χ4n) is 2.99. The number of nitrogens with zero attached hydrogens (tertiary/aromatic N) is 1. The molecule has 0 radical (unpaired) electrons. The Morgan fingerprint density at radius 2 is 2.33 bits per heavy atom. The zero-order valence-electron chi connectivity index (χ0n) is 10.3. The number of hydrogen-bond donors (Lipinski definition) is 2. The van der Waals surface area contributed by atoms with Crippen molar-refractivity contribution in [3.63, 3.8) is 0 Å². The van der Waals surface area contributed by atoms with Crippen LogP contribution in [0.4, 0.5) is 10.1 Å². The number of halogens is 1. The van der Waals surface area contributed by atoms with E-state index in [1.807, 2.05) is 6.92 Å². The van der Waals surface area contributed by atoms with Crippen molar-refractivity contribution in [3.05, 3.63) is 29.6 Å². The lowest BCUT2D eigenvalue weighted by Gasteiger charge is -2.46. The summed E-state index contributed by atoms with van der Waals surface area (Å²) in [7, 11) is 0. The Bertz CT molecular complexity index is 497. The van der Waals surface area contributed by atoms with Crippen molar-refractivity contribution in [2.75, 3.05) is 24.5 Å². The quantitative estimate of drug-likeness (QED) is 0.783. The third kappa shape index (κ3) is 1.50. The molecule has 18 heavy (non-hydrogen) atoms. The van der Waals surface area contributed by atoms with Crippen LogP contribution in [0.2, 0.25) is 0 Å². The third-order valence-electron chi connectivity index (χ3n) is 3.81. The highest BCUT2D eigenvalue weighted by Gasteiger charge is 2.45. The second-order valence-corrected chi connectivity index (χ2v) is 4.82.